The van der Waals surface area contributed by atoms with Crippen LogP contribution < -0.4 is 10.6 Å². The number of amides is 1. The maximum Gasteiger partial charge on any atom is 0.251 e. The molecular formula is C19H20F2N2O3S. The van der Waals surface area contributed by atoms with Crippen LogP contribution in [-0.2, 0) is 9.84 Å². The van der Waals surface area contributed by atoms with Crippen LogP contribution in [0.15, 0.2) is 47.4 Å². The van der Waals surface area contributed by atoms with Crippen molar-refractivity contribution in [1.82, 2.24) is 10.6 Å². The molecule has 1 amide bonds. The van der Waals surface area contributed by atoms with Crippen molar-refractivity contribution in [2.75, 3.05) is 19.3 Å². The molecule has 2 unspecified atom stereocenters. The van der Waals surface area contributed by atoms with Crippen LogP contribution in [0.2, 0.25) is 0 Å². The lowest BCUT2D eigenvalue weighted by atomic mass is 9.85. The molecule has 0 spiro atoms. The molecule has 0 saturated carbocycles. The van der Waals surface area contributed by atoms with Crippen molar-refractivity contribution >= 4 is 15.7 Å². The maximum atomic E-state index is 13.6. The minimum Gasteiger partial charge on any atom is -0.347 e. The van der Waals surface area contributed by atoms with Gasteiger partial charge in [-0.2, -0.15) is 0 Å². The van der Waals surface area contributed by atoms with Gasteiger partial charge in [0.15, 0.2) is 21.5 Å². The molecule has 144 valence electrons. The summed E-state index contributed by atoms with van der Waals surface area (Å²) in [7, 11) is -3.33. The van der Waals surface area contributed by atoms with Gasteiger partial charge in [0.2, 0.25) is 0 Å². The Balaban J connectivity index is 1.77. The van der Waals surface area contributed by atoms with Crippen molar-refractivity contribution in [3.05, 3.63) is 65.2 Å². The minimum atomic E-state index is -3.33. The Hall–Kier alpha value is -2.32. The summed E-state index contributed by atoms with van der Waals surface area (Å²) in [5, 5.41) is 6.09. The van der Waals surface area contributed by atoms with E-state index in [1.807, 2.05) is 0 Å². The first-order valence-corrected chi connectivity index (χ1v) is 10.4. The second-order valence-electron chi connectivity index (χ2n) is 6.65. The number of halogens is 2. The smallest absolute Gasteiger partial charge is 0.251 e. The number of hydrogen-bond acceptors (Lipinski definition) is 4. The minimum absolute atomic E-state index is 0.137. The summed E-state index contributed by atoms with van der Waals surface area (Å²) in [6.45, 7) is 1.20. The SMILES string of the molecule is CS(=O)(=O)c1ccc(C(=O)NC2CNCCC2c2ccc(F)c(F)c2)cc1. The Morgan fingerprint density at radius 1 is 1.11 bits per heavy atom. The molecule has 1 aliphatic rings. The van der Waals surface area contributed by atoms with Crippen LogP contribution in [-0.4, -0.2) is 39.7 Å². The standard InChI is InChI=1S/C19H20F2N2O3S/c1-27(25,26)14-5-2-12(3-6-14)19(24)23-18-11-22-9-8-15(18)13-4-7-16(20)17(21)10-13/h2-7,10,15,18,22H,8-9,11H2,1H3,(H,23,24). The van der Waals surface area contributed by atoms with E-state index in [0.29, 0.717) is 30.6 Å². The molecule has 0 aliphatic carbocycles. The van der Waals surface area contributed by atoms with E-state index in [1.54, 1.807) is 0 Å². The van der Waals surface area contributed by atoms with Crippen molar-refractivity contribution in [3.8, 4) is 0 Å². The molecule has 2 N–H and O–H groups in total. The van der Waals surface area contributed by atoms with Crippen LogP contribution in [0.3, 0.4) is 0 Å². The molecule has 8 heteroatoms. The van der Waals surface area contributed by atoms with Crippen LogP contribution in [0.1, 0.15) is 28.3 Å². The maximum absolute atomic E-state index is 13.6. The number of sulfone groups is 1. The number of rotatable bonds is 4. The molecule has 1 heterocycles. The second kappa shape index (κ2) is 7.74. The molecule has 0 radical (unpaired) electrons. The van der Waals surface area contributed by atoms with E-state index < -0.39 is 21.5 Å². The molecule has 1 fully saturated rings. The molecule has 1 saturated heterocycles. The zero-order chi connectivity index (χ0) is 19.6. The van der Waals surface area contributed by atoms with Crippen LogP contribution >= 0.6 is 0 Å². The van der Waals surface area contributed by atoms with Crippen molar-refractivity contribution in [2.24, 2.45) is 0 Å². The number of hydrogen-bond donors (Lipinski definition) is 2. The molecule has 27 heavy (non-hydrogen) atoms. The Morgan fingerprint density at radius 3 is 2.44 bits per heavy atom. The third-order valence-corrected chi connectivity index (χ3v) is 5.84. The van der Waals surface area contributed by atoms with Crippen LogP contribution in [0.25, 0.3) is 0 Å². The van der Waals surface area contributed by atoms with Gasteiger partial charge in [-0.25, -0.2) is 17.2 Å². The van der Waals surface area contributed by atoms with Gasteiger partial charge >= 0.3 is 0 Å². The third-order valence-electron chi connectivity index (χ3n) is 4.72. The van der Waals surface area contributed by atoms with E-state index in [9.17, 15) is 22.0 Å². The fourth-order valence-corrected chi connectivity index (χ4v) is 3.89. The quantitative estimate of drug-likeness (QED) is 0.834. The molecule has 2 atom stereocenters. The second-order valence-corrected chi connectivity index (χ2v) is 8.67. The van der Waals surface area contributed by atoms with Gasteiger partial charge in [-0.1, -0.05) is 6.07 Å². The van der Waals surface area contributed by atoms with Crippen molar-refractivity contribution in [1.29, 1.82) is 0 Å². The Labute approximate surface area is 156 Å². The largest absolute Gasteiger partial charge is 0.347 e. The predicted octanol–water partition coefficient (Wildman–Crippen LogP) is 2.24. The van der Waals surface area contributed by atoms with Gasteiger partial charge in [-0.15, -0.1) is 0 Å². The first-order valence-electron chi connectivity index (χ1n) is 8.52. The summed E-state index contributed by atoms with van der Waals surface area (Å²) in [6.07, 6.45) is 1.77. The number of carbonyl (C=O) groups excluding carboxylic acids is 1. The lowest BCUT2D eigenvalue weighted by Gasteiger charge is -2.33. The third kappa shape index (κ3) is 4.51. The van der Waals surface area contributed by atoms with E-state index in [2.05, 4.69) is 10.6 Å². The fourth-order valence-electron chi connectivity index (χ4n) is 3.26. The van der Waals surface area contributed by atoms with E-state index >= 15 is 0 Å². The van der Waals surface area contributed by atoms with Gasteiger partial charge in [0.25, 0.3) is 5.91 Å². The highest BCUT2D eigenvalue weighted by Gasteiger charge is 2.28. The molecule has 2 aromatic rings. The van der Waals surface area contributed by atoms with Crippen LogP contribution in [0.5, 0.6) is 0 Å². The molecule has 5 nitrogen and oxygen atoms in total. The van der Waals surface area contributed by atoms with Crippen LogP contribution in [0, 0.1) is 11.6 Å². The summed E-state index contributed by atoms with van der Waals surface area (Å²) in [4.78, 5) is 12.7. The average molecular weight is 394 g/mol. The molecule has 2 aromatic carbocycles. The van der Waals surface area contributed by atoms with Gasteiger partial charge < -0.3 is 10.6 Å². The van der Waals surface area contributed by atoms with Gasteiger partial charge in [0, 0.05) is 30.3 Å². The zero-order valence-corrected chi connectivity index (χ0v) is 15.5. The summed E-state index contributed by atoms with van der Waals surface area (Å²) >= 11 is 0. The van der Waals surface area contributed by atoms with Crippen molar-refractivity contribution in [3.63, 3.8) is 0 Å². The highest BCUT2D eigenvalue weighted by atomic mass is 32.2. The lowest BCUT2D eigenvalue weighted by molar-refractivity contribution is 0.0924. The Bertz CT molecular complexity index is 946. The number of nitrogens with one attached hydrogen (secondary N) is 2. The Morgan fingerprint density at radius 2 is 1.81 bits per heavy atom. The van der Waals surface area contributed by atoms with Gasteiger partial charge in [-0.3, -0.25) is 4.79 Å². The Kier molecular flexibility index (Phi) is 5.57. The van der Waals surface area contributed by atoms with Crippen molar-refractivity contribution < 1.29 is 22.0 Å². The number of piperidine rings is 1. The molecule has 1 aliphatic heterocycles. The summed E-state index contributed by atoms with van der Waals surface area (Å²) in [5.41, 5.74) is 0.963. The fraction of sp³-hybridized carbons (Fsp3) is 0.316. The molecule has 0 aromatic heterocycles. The molecular weight excluding hydrogens is 374 g/mol. The van der Waals surface area contributed by atoms with E-state index in [0.717, 1.165) is 12.3 Å². The van der Waals surface area contributed by atoms with Gasteiger partial charge in [0.05, 0.1) is 4.90 Å². The normalized spacial score (nSPS) is 20.3. The lowest BCUT2D eigenvalue weighted by Crippen LogP contribution is -2.50. The number of carbonyl (C=O) groups is 1. The van der Waals surface area contributed by atoms with Gasteiger partial charge in [-0.05, 0) is 54.9 Å². The topological polar surface area (TPSA) is 75.3 Å². The highest BCUT2D eigenvalue weighted by molar-refractivity contribution is 7.90. The summed E-state index contributed by atoms with van der Waals surface area (Å²) in [5.74, 6) is -2.32. The van der Waals surface area contributed by atoms with Crippen molar-refractivity contribution in [2.45, 2.75) is 23.3 Å². The summed E-state index contributed by atoms with van der Waals surface area (Å²) < 4.78 is 49.8. The number of benzene rings is 2. The zero-order valence-electron chi connectivity index (χ0n) is 14.7. The van der Waals surface area contributed by atoms with Crippen LogP contribution in [0.4, 0.5) is 8.78 Å². The first kappa shape index (κ1) is 19.4. The average Bonchev–Trinajstić information content (AvgIpc) is 2.64. The molecule has 3 rings (SSSR count). The van der Waals surface area contributed by atoms with E-state index in [-0.39, 0.29) is 22.8 Å². The first-order chi connectivity index (χ1) is 12.8. The molecule has 0 bridgehead atoms. The van der Waals surface area contributed by atoms with Gasteiger partial charge in [0.1, 0.15) is 0 Å². The highest BCUT2D eigenvalue weighted by Crippen LogP contribution is 2.27. The van der Waals surface area contributed by atoms with E-state index in [4.69, 9.17) is 0 Å². The summed E-state index contributed by atoms with van der Waals surface area (Å²) in [6, 6.07) is 9.18. The van der Waals surface area contributed by atoms with E-state index in [1.165, 1.54) is 36.4 Å². The monoisotopic (exact) mass is 394 g/mol. The predicted molar refractivity (Wildman–Crippen MR) is 97.4 cm³/mol.